The summed E-state index contributed by atoms with van der Waals surface area (Å²) in [5, 5.41) is 33.5. The number of rotatable bonds is 18. The van der Waals surface area contributed by atoms with Crippen molar-refractivity contribution >= 4 is 5.71 Å². The minimum Gasteiger partial charge on any atom is -0.490 e. The average Bonchev–Trinajstić information content (AvgIpc) is 3.61. The molecule has 2 aliphatic carbocycles. The van der Waals surface area contributed by atoms with Gasteiger partial charge in [-0.3, -0.25) is 0 Å². The van der Waals surface area contributed by atoms with E-state index in [9.17, 15) is 10.2 Å². The third-order valence-electron chi connectivity index (χ3n) is 10.7. The Hall–Kier alpha value is -3.71. The van der Waals surface area contributed by atoms with Gasteiger partial charge in [0.05, 0.1) is 24.8 Å². The van der Waals surface area contributed by atoms with E-state index < -0.39 is 23.7 Å². The quantitative estimate of drug-likeness (QED) is 0.0931. The molecule has 1 unspecified atom stereocenters. The van der Waals surface area contributed by atoms with Crippen LogP contribution in [0.5, 0.6) is 17.4 Å². The number of oxime groups is 1. The van der Waals surface area contributed by atoms with Gasteiger partial charge in [0.25, 0.3) is 0 Å². The van der Waals surface area contributed by atoms with Gasteiger partial charge < -0.3 is 38.7 Å². The Labute approximate surface area is 313 Å². The number of aliphatic hydroxyl groups excluding tert-OH is 2. The first-order chi connectivity index (χ1) is 25.7. The van der Waals surface area contributed by atoms with Crippen LogP contribution < -0.4 is 14.2 Å². The molecule has 6 rings (SSSR count). The third-order valence-corrected chi connectivity index (χ3v) is 10.7. The molecule has 4 aliphatic rings. The topological polar surface area (TPSA) is 139 Å². The van der Waals surface area contributed by atoms with Gasteiger partial charge >= 0.3 is 0 Å². The van der Waals surface area contributed by atoms with Crippen LogP contribution in [-0.4, -0.2) is 81.6 Å². The van der Waals surface area contributed by atoms with Gasteiger partial charge in [-0.05, 0) is 94.9 Å². The van der Waals surface area contributed by atoms with Crippen LogP contribution in [-0.2, 0) is 14.3 Å². The molecule has 0 radical (unpaired) electrons. The molecule has 53 heavy (non-hydrogen) atoms. The summed E-state index contributed by atoms with van der Waals surface area (Å²) in [6.07, 6.45) is 15.1. The maximum absolute atomic E-state index is 9.88. The molecule has 0 amide bonds. The molecule has 1 saturated carbocycles. The number of ether oxygens (including phenoxy) is 5. The molecule has 2 fully saturated rings. The second-order valence-electron chi connectivity index (χ2n) is 15.5. The first-order valence-electron chi connectivity index (χ1n) is 19.4. The van der Waals surface area contributed by atoms with E-state index in [1.54, 1.807) is 23.0 Å². The molecule has 2 N–H and O–H groups in total. The second kappa shape index (κ2) is 17.6. The van der Waals surface area contributed by atoms with Crippen molar-refractivity contribution in [3.05, 3.63) is 66.9 Å². The van der Waals surface area contributed by atoms with Crippen LogP contribution in [0.15, 0.2) is 66.5 Å². The molecule has 2 aromatic rings. The number of hydrogen-bond acceptors (Lipinski definition) is 11. The van der Waals surface area contributed by atoms with E-state index in [1.165, 1.54) is 0 Å². The SMILES string of the molecule is C=CCOc1ccc2c(c1)[C@H]1[C@H](CCCCO)[C@@H](CCCCO)C=C3C(=NOC(C)(C)C)C[C@H](n4nncc4OC4CCCCO4)[C@@](OCC=C)(O2)[C@H]31. The van der Waals surface area contributed by atoms with Crippen LogP contribution in [0.25, 0.3) is 0 Å². The van der Waals surface area contributed by atoms with Crippen LogP contribution in [0, 0.1) is 17.8 Å². The fourth-order valence-corrected chi connectivity index (χ4v) is 8.49. The molecule has 1 saturated heterocycles. The van der Waals surface area contributed by atoms with Crippen molar-refractivity contribution in [1.82, 2.24) is 15.0 Å². The monoisotopic (exact) mass is 734 g/mol. The van der Waals surface area contributed by atoms with Gasteiger partial charge in [-0.15, -0.1) is 11.7 Å². The van der Waals surface area contributed by atoms with Gasteiger partial charge in [0.15, 0.2) is 0 Å². The molecule has 1 aromatic carbocycles. The molecule has 12 heteroatoms. The Morgan fingerprint density at radius 2 is 1.85 bits per heavy atom. The largest absolute Gasteiger partial charge is 0.490 e. The maximum Gasteiger partial charge on any atom is 0.241 e. The molecule has 12 nitrogen and oxygen atoms in total. The third kappa shape index (κ3) is 8.66. The van der Waals surface area contributed by atoms with Gasteiger partial charge in [-0.1, -0.05) is 48.0 Å². The van der Waals surface area contributed by atoms with E-state index in [2.05, 4.69) is 35.6 Å². The number of hydrogen-bond donors (Lipinski definition) is 2. The summed E-state index contributed by atoms with van der Waals surface area (Å²) in [5.41, 5.74) is 2.31. The molecular formula is C41H58N4O8. The molecule has 290 valence electrons. The van der Waals surface area contributed by atoms with Crippen molar-refractivity contribution in [3.8, 4) is 17.4 Å². The van der Waals surface area contributed by atoms with Crippen LogP contribution >= 0.6 is 0 Å². The van der Waals surface area contributed by atoms with Crippen molar-refractivity contribution in [1.29, 1.82) is 0 Å². The predicted octanol–water partition coefficient (Wildman–Crippen LogP) is 7.05. The predicted molar refractivity (Wildman–Crippen MR) is 201 cm³/mol. The number of aliphatic hydroxyl groups is 2. The highest BCUT2D eigenvalue weighted by atomic mass is 16.7. The van der Waals surface area contributed by atoms with Crippen LogP contribution in [0.4, 0.5) is 0 Å². The Balaban J connectivity index is 1.58. The first kappa shape index (κ1) is 39.0. The summed E-state index contributed by atoms with van der Waals surface area (Å²) >= 11 is 0. The number of nitrogens with zero attached hydrogens (tertiary/aromatic N) is 4. The lowest BCUT2D eigenvalue weighted by molar-refractivity contribution is -0.253. The first-order valence-corrected chi connectivity index (χ1v) is 19.4. The molecule has 2 aliphatic heterocycles. The van der Waals surface area contributed by atoms with Crippen LogP contribution in [0.1, 0.15) is 103 Å². The zero-order valence-corrected chi connectivity index (χ0v) is 31.7. The summed E-state index contributed by atoms with van der Waals surface area (Å²) in [6, 6.07) is 5.42. The van der Waals surface area contributed by atoms with E-state index in [0.717, 1.165) is 74.0 Å². The smallest absolute Gasteiger partial charge is 0.241 e. The van der Waals surface area contributed by atoms with Crippen molar-refractivity contribution in [3.63, 3.8) is 0 Å². The zero-order chi connectivity index (χ0) is 37.4. The zero-order valence-electron chi connectivity index (χ0n) is 31.7. The Kier molecular flexibility index (Phi) is 13.0. The van der Waals surface area contributed by atoms with Gasteiger partial charge in [0.1, 0.15) is 35.9 Å². The standard InChI is InChI=1S/C41H58N4O8/c1-6-21-48-29-17-18-34-32(25-29)38-30(15-9-12-20-47)28(14-8-11-19-46)24-31-33(43-53-40(3,4)5)26-35(41(52-34,39(31)38)50-22-7-2)45-36(27-42-44-45)51-37-16-10-13-23-49-37/h6-7,17-18,24-25,27-28,30,35,37-39,46-47H,1-2,8-16,19-23,26H2,3-5H3/t28-,30+,35-,37?,38+,39+,41+/m0/s1. The van der Waals surface area contributed by atoms with Crippen LogP contribution in [0.2, 0.25) is 0 Å². The summed E-state index contributed by atoms with van der Waals surface area (Å²) in [5.74, 6) is 0.442. The molecule has 0 bridgehead atoms. The number of aromatic nitrogens is 3. The fraction of sp³-hybridized carbons (Fsp3) is 0.634. The number of fused-ring (bicyclic) bond motifs is 2. The highest BCUT2D eigenvalue weighted by Gasteiger charge is 2.65. The number of benzene rings is 1. The van der Waals surface area contributed by atoms with Gasteiger partial charge in [-0.2, -0.15) is 0 Å². The van der Waals surface area contributed by atoms with Crippen molar-refractivity contribution in [2.75, 3.05) is 33.0 Å². The fourth-order valence-electron chi connectivity index (χ4n) is 8.49. The minimum atomic E-state index is -1.29. The summed E-state index contributed by atoms with van der Waals surface area (Å²) in [7, 11) is 0. The number of unbranched alkanes of at least 4 members (excludes halogenated alkanes) is 2. The van der Waals surface area contributed by atoms with E-state index in [-0.39, 0.29) is 43.5 Å². The van der Waals surface area contributed by atoms with E-state index in [0.29, 0.717) is 37.7 Å². The molecular weight excluding hydrogens is 676 g/mol. The van der Waals surface area contributed by atoms with Gasteiger partial charge in [-0.25, -0.2) is 4.68 Å². The van der Waals surface area contributed by atoms with E-state index >= 15 is 0 Å². The maximum atomic E-state index is 9.88. The highest BCUT2D eigenvalue weighted by Crippen LogP contribution is 2.63. The average molecular weight is 735 g/mol. The Morgan fingerprint density at radius 1 is 1.06 bits per heavy atom. The van der Waals surface area contributed by atoms with E-state index in [1.807, 2.05) is 32.9 Å². The minimum absolute atomic E-state index is 0.106. The van der Waals surface area contributed by atoms with Gasteiger partial charge in [0, 0.05) is 37.5 Å². The Morgan fingerprint density at radius 3 is 2.57 bits per heavy atom. The van der Waals surface area contributed by atoms with Crippen molar-refractivity contribution < 1.29 is 38.7 Å². The van der Waals surface area contributed by atoms with Crippen LogP contribution in [0.3, 0.4) is 0 Å². The summed E-state index contributed by atoms with van der Waals surface area (Å²) in [4.78, 5) is 6.21. The Bertz CT molecular complexity index is 1590. The highest BCUT2D eigenvalue weighted by molar-refractivity contribution is 6.02. The van der Waals surface area contributed by atoms with Gasteiger partial charge in [0.2, 0.25) is 18.0 Å². The van der Waals surface area contributed by atoms with Crippen molar-refractivity contribution in [2.24, 2.45) is 22.9 Å². The van der Waals surface area contributed by atoms with Crippen molar-refractivity contribution in [2.45, 2.75) is 115 Å². The lowest BCUT2D eigenvalue weighted by atomic mass is 9.55. The molecule has 1 aromatic heterocycles. The molecule has 3 heterocycles. The summed E-state index contributed by atoms with van der Waals surface area (Å²) in [6.45, 7) is 15.3. The lowest BCUT2D eigenvalue weighted by Crippen LogP contribution is -2.63. The number of allylic oxidation sites excluding steroid dienone is 1. The molecule has 7 atom stereocenters. The van der Waals surface area contributed by atoms with E-state index in [4.69, 9.17) is 33.7 Å². The lowest BCUT2D eigenvalue weighted by Gasteiger charge is -2.58. The molecule has 0 spiro atoms. The normalized spacial score (nSPS) is 28.6. The second-order valence-corrected chi connectivity index (χ2v) is 15.5. The summed E-state index contributed by atoms with van der Waals surface area (Å²) < 4.78 is 34.6.